The summed E-state index contributed by atoms with van der Waals surface area (Å²) >= 11 is 0. The summed E-state index contributed by atoms with van der Waals surface area (Å²) < 4.78 is 272. The molecule has 0 radical (unpaired) electrons. The van der Waals surface area contributed by atoms with E-state index in [2.05, 4.69) is 0 Å². The molecule has 0 aromatic rings. The summed E-state index contributed by atoms with van der Waals surface area (Å²) in [6.07, 6.45) is -8.00. The molecule has 0 N–H and O–H groups in total. The van der Waals surface area contributed by atoms with Crippen LogP contribution in [0.2, 0.25) is 0 Å². The van der Waals surface area contributed by atoms with Crippen molar-refractivity contribution in [2.75, 3.05) is 0 Å². The Labute approximate surface area is 189 Å². The van der Waals surface area contributed by atoms with E-state index in [0.29, 0.717) is 0 Å². The minimum Gasteiger partial charge on any atom is -0.743 e. The van der Waals surface area contributed by atoms with Crippen molar-refractivity contribution in [2.24, 2.45) is 0 Å². The Kier molecular flexibility index (Phi) is 8.76. The van der Waals surface area contributed by atoms with E-state index in [1.165, 1.54) is 0 Å². The van der Waals surface area contributed by atoms with Crippen LogP contribution in [0.1, 0.15) is 0 Å². The molecule has 0 rings (SSSR count). The summed E-state index contributed by atoms with van der Waals surface area (Å²) in [6.45, 7) is 0. The Morgan fingerprint density at radius 2 is 0.576 bits per heavy atom. The summed E-state index contributed by atoms with van der Waals surface area (Å²) in [6, 6.07) is 0. The Hall–Kier alpha value is -0.420. The average molecular weight is 573 g/mol. The second kappa shape index (κ2) is 8.32. The van der Waals surface area contributed by atoms with Gasteiger partial charge in [-0.05, 0) is 0 Å². The molecule has 0 fully saturated rings. The van der Waals surface area contributed by atoms with Gasteiger partial charge in [0.15, 0.2) is 10.1 Å². The number of alkyl halides is 19. The van der Waals surface area contributed by atoms with E-state index in [9.17, 15) is 96.4 Å². The third-order valence-corrected chi connectivity index (χ3v) is 4.29. The maximum Gasteiger partial charge on any atom is 1.00 e. The molecule has 0 amide bonds. The van der Waals surface area contributed by atoms with Gasteiger partial charge in [-0.3, -0.25) is 0 Å². The fraction of sp³-hybridized carbons (Fsp3) is 1.00. The molecule has 0 aliphatic heterocycles. The van der Waals surface area contributed by atoms with Crippen molar-refractivity contribution in [3.05, 3.63) is 0 Å². The van der Waals surface area contributed by atoms with E-state index >= 15 is 0 Å². The van der Waals surface area contributed by atoms with Crippen LogP contribution in [0.5, 0.6) is 0 Å². The Morgan fingerprint density at radius 3 is 0.758 bits per heavy atom. The molecule has 0 heterocycles. The molecule has 24 heteroatoms. The third-order valence-electron chi connectivity index (χ3n) is 3.40. The minimum absolute atomic E-state index is 0. The standard InChI is InChI=1S/C9HF19O3S.Na/c10-1(11,2(12,13)4(16,17)6(20,21)8(24,25)26)3(14,15)5(18,19)7(22,23)9(27,28)32(29,30)31;/h(H,29,30,31);/q;+1/p-1/i9+1;. The van der Waals surface area contributed by atoms with Crippen molar-refractivity contribution in [3.8, 4) is 0 Å². The van der Waals surface area contributed by atoms with Gasteiger partial charge in [0.05, 0.1) is 0 Å². The summed E-state index contributed by atoms with van der Waals surface area (Å²) in [4.78, 5) is 0. The van der Waals surface area contributed by atoms with Gasteiger partial charge in [-0.15, -0.1) is 0 Å². The zero-order valence-electron chi connectivity index (χ0n) is 14.3. The van der Waals surface area contributed by atoms with Crippen LogP contribution in [0, 0.1) is 0 Å². The van der Waals surface area contributed by atoms with E-state index in [1.807, 2.05) is 0 Å². The first-order valence-corrected chi connectivity index (χ1v) is 7.70. The van der Waals surface area contributed by atoms with Gasteiger partial charge in [-0.1, -0.05) is 0 Å². The third kappa shape index (κ3) is 4.26. The van der Waals surface area contributed by atoms with Crippen LogP contribution in [0.25, 0.3) is 0 Å². The minimum atomic E-state index is -9.17. The molecule has 3 nitrogen and oxygen atoms in total. The summed E-state index contributed by atoms with van der Waals surface area (Å²) in [5.41, 5.74) is 0. The topological polar surface area (TPSA) is 57.2 Å². The van der Waals surface area contributed by atoms with Crippen LogP contribution in [0.4, 0.5) is 83.4 Å². The van der Waals surface area contributed by atoms with Gasteiger partial charge >= 0.3 is 82.4 Å². The van der Waals surface area contributed by atoms with E-state index < -0.39 is 63.0 Å². The summed E-state index contributed by atoms with van der Waals surface area (Å²) in [5, 5.41) is -8.07. The van der Waals surface area contributed by atoms with E-state index in [1.54, 1.807) is 0 Å². The van der Waals surface area contributed by atoms with Crippen LogP contribution >= 0.6 is 0 Å². The Bertz CT molecular complexity index is 828. The average Bonchev–Trinajstić information content (AvgIpc) is 2.51. The molecular formula is C9F19NaO3S. The molecule has 0 saturated heterocycles. The van der Waals surface area contributed by atoms with Gasteiger partial charge in [0.1, 0.15) is 0 Å². The van der Waals surface area contributed by atoms with Gasteiger partial charge in [0.25, 0.3) is 0 Å². The normalized spacial score (nSPS) is 16.5. The largest absolute Gasteiger partial charge is 1.00 e. The van der Waals surface area contributed by atoms with Gasteiger partial charge in [0, 0.05) is 0 Å². The van der Waals surface area contributed by atoms with Crippen molar-refractivity contribution in [3.63, 3.8) is 0 Å². The fourth-order valence-electron chi connectivity index (χ4n) is 1.50. The van der Waals surface area contributed by atoms with E-state index in [0.717, 1.165) is 0 Å². The van der Waals surface area contributed by atoms with Crippen molar-refractivity contribution in [2.45, 2.75) is 52.9 Å². The molecule has 0 bridgehead atoms. The Balaban J connectivity index is 0. The summed E-state index contributed by atoms with van der Waals surface area (Å²) in [7, 11) is -8.25. The summed E-state index contributed by atoms with van der Waals surface area (Å²) in [5.74, 6) is -62.3. The van der Waals surface area contributed by atoms with Gasteiger partial charge in [0.2, 0.25) is 0 Å². The smallest absolute Gasteiger partial charge is 0.743 e. The number of halogens is 19. The van der Waals surface area contributed by atoms with Crippen molar-refractivity contribution in [1.82, 2.24) is 0 Å². The van der Waals surface area contributed by atoms with Crippen molar-refractivity contribution < 1.29 is 126 Å². The monoisotopic (exact) mass is 573 g/mol. The molecule has 0 atom stereocenters. The molecule has 0 aliphatic carbocycles. The van der Waals surface area contributed by atoms with Crippen molar-refractivity contribution >= 4 is 10.1 Å². The molecule has 0 spiro atoms. The maximum absolute atomic E-state index is 13.2. The number of hydrogen-bond donors (Lipinski definition) is 0. The van der Waals surface area contributed by atoms with E-state index in [-0.39, 0.29) is 29.6 Å². The van der Waals surface area contributed by atoms with Crippen LogP contribution in [-0.2, 0) is 10.1 Å². The second-order valence-electron chi connectivity index (χ2n) is 5.49. The number of rotatable bonds is 8. The molecule has 194 valence electrons. The van der Waals surface area contributed by atoms with Crippen molar-refractivity contribution in [1.29, 1.82) is 0 Å². The Morgan fingerprint density at radius 1 is 0.394 bits per heavy atom. The maximum atomic E-state index is 13.2. The first kappa shape index (κ1) is 34.7. The zero-order chi connectivity index (χ0) is 27.0. The molecule has 33 heavy (non-hydrogen) atoms. The number of hydrogen-bond acceptors (Lipinski definition) is 3. The van der Waals surface area contributed by atoms with Crippen LogP contribution < -0.4 is 29.6 Å². The van der Waals surface area contributed by atoms with Crippen LogP contribution in [0.15, 0.2) is 0 Å². The molecule has 0 unspecified atom stereocenters. The zero-order valence-corrected chi connectivity index (χ0v) is 17.1. The predicted molar refractivity (Wildman–Crippen MR) is 55.3 cm³/mol. The fourth-order valence-corrected chi connectivity index (χ4v) is 1.95. The molecule has 0 aromatic heterocycles. The quantitative estimate of drug-likeness (QED) is 0.194. The van der Waals surface area contributed by atoms with Gasteiger partial charge in [-0.2, -0.15) is 83.4 Å². The molecular weight excluding hydrogens is 573 g/mol. The second-order valence-corrected chi connectivity index (χ2v) is 6.91. The van der Waals surface area contributed by atoms with Crippen LogP contribution in [0.3, 0.4) is 0 Å². The first-order chi connectivity index (χ1) is 13.2. The van der Waals surface area contributed by atoms with E-state index in [4.69, 9.17) is 0 Å². The molecule has 0 aromatic carbocycles. The first-order valence-electron chi connectivity index (χ1n) is 6.29. The van der Waals surface area contributed by atoms with Gasteiger partial charge in [-0.25, -0.2) is 8.42 Å². The van der Waals surface area contributed by atoms with Crippen LogP contribution in [-0.4, -0.2) is 65.9 Å². The predicted octanol–water partition coefficient (Wildman–Crippen LogP) is 2.14. The van der Waals surface area contributed by atoms with Gasteiger partial charge < -0.3 is 4.55 Å². The molecule has 0 saturated carbocycles. The SMILES string of the molecule is O=S(=O)([O-])[13C](F)(F)C(F)(F)C(F)(F)C(F)(F)C(F)(F)C(F)(F)C(F)(F)C(F)(F)C(F)(F)F.[Na+]. The molecule has 0 aliphatic rings.